The van der Waals surface area contributed by atoms with Gasteiger partial charge in [-0.05, 0) is 33.2 Å². The van der Waals surface area contributed by atoms with E-state index in [1.54, 1.807) is 6.92 Å². The monoisotopic (exact) mass is 257 g/mol. The summed E-state index contributed by atoms with van der Waals surface area (Å²) in [6.07, 6.45) is 2.19. The van der Waals surface area contributed by atoms with E-state index in [-0.39, 0.29) is 18.3 Å². The lowest BCUT2D eigenvalue weighted by Crippen LogP contribution is -2.42. The first-order chi connectivity index (χ1) is 8.65. The van der Waals surface area contributed by atoms with Gasteiger partial charge in [0.1, 0.15) is 6.42 Å². The molecule has 1 rings (SSSR count). The lowest BCUT2D eigenvalue weighted by atomic mass is 10.1. The van der Waals surface area contributed by atoms with Gasteiger partial charge in [-0.25, -0.2) is 0 Å². The first-order valence-electron chi connectivity index (χ1n) is 6.67. The highest BCUT2D eigenvalue weighted by Gasteiger charge is 2.22. The van der Waals surface area contributed by atoms with Crippen LogP contribution in [0.15, 0.2) is 0 Å². The van der Waals surface area contributed by atoms with Crippen molar-refractivity contribution >= 4 is 11.8 Å². The number of ether oxygens (including phenoxy) is 2. The molecule has 0 amide bonds. The van der Waals surface area contributed by atoms with Gasteiger partial charge in [0.25, 0.3) is 0 Å². The molecule has 0 aromatic carbocycles. The quantitative estimate of drug-likeness (QED) is 0.503. The third-order valence-electron chi connectivity index (χ3n) is 2.91. The van der Waals surface area contributed by atoms with Crippen molar-refractivity contribution in [3.05, 3.63) is 0 Å². The van der Waals surface area contributed by atoms with Gasteiger partial charge in [-0.2, -0.15) is 0 Å². The molecule has 0 aliphatic carbocycles. The molecule has 0 aromatic heterocycles. The topological polar surface area (TPSA) is 55.8 Å². The zero-order valence-corrected chi connectivity index (χ0v) is 11.3. The van der Waals surface area contributed by atoms with Gasteiger partial charge in [0.15, 0.2) is 5.78 Å². The van der Waals surface area contributed by atoms with Crippen molar-refractivity contribution in [3.63, 3.8) is 0 Å². The standard InChI is InChI=1S/C13H23NO4/c1-3-17-12-6-5-7-14(10-12)9-11(15)8-13(16)18-4-2/h12H,3-10H2,1-2H3. The van der Waals surface area contributed by atoms with Crippen LogP contribution in [0.25, 0.3) is 0 Å². The molecule has 1 saturated heterocycles. The molecular formula is C13H23NO4. The van der Waals surface area contributed by atoms with Gasteiger partial charge < -0.3 is 9.47 Å². The minimum Gasteiger partial charge on any atom is -0.466 e. The number of carbonyl (C=O) groups is 2. The van der Waals surface area contributed by atoms with Gasteiger partial charge in [0.2, 0.25) is 0 Å². The summed E-state index contributed by atoms with van der Waals surface area (Å²) in [5, 5.41) is 0. The van der Waals surface area contributed by atoms with Crippen LogP contribution in [-0.4, -0.2) is 55.6 Å². The molecule has 0 N–H and O–H groups in total. The zero-order valence-electron chi connectivity index (χ0n) is 11.3. The molecule has 1 aliphatic heterocycles. The number of hydrogen-bond donors (Lipinski definition) is 0. The Balaban J connectivity index is 2.28. The van der Waals surface area contributed by atoms with Crippen LogP contribution in [0.4, 0.5) is 0 Å². The van der Waals surface area contributed by atoms with Gasteiger partial charge in [0, 0.05) is 13.2 Å². The second-order valence-electron chi connectivity index (χ2n) is 4.48. The van der Waals surface area contributed by atoms with E-state index < -0.39 is 5.97 Å². The maximum Gasteiger partial charge on any atom is 0.313 e. The van der Waals surface area contributed by atoms with Crippen LogP contribution < -0.4 is 0 Å². The molecule has 0 spiro atoms. The molecule has 5 nitrogen and oxygen atoms in total. The van der Waals surface area contributed by atoms with Crippen LogP contribution in [-0.2, 0) is 19.1 Å². The molecule has 0 saturated carbocycles. The third kappa shape index (κ3) is 5.60. The van der Waals surface area contributed by atoms with Crippen molar-refractivity contribution < 1.29 is 19.1 Å². The van der Waals surface area contributed by atoms with Gasteiger partial charge in [-0.1, -0.05) is 0 Å². The van der Waals surface area contributed by atoms with E-state index >= 15 is 0 Å². The van der Waals surface area contributed by atoms with Crippen molar-refractivity contribution in [3.8, 4) is 0 Å². The molecule has 1 atom stereocenters. The summed E-state index contributed by atoms with van der Waals surface area (Å²) in [5.74, 6) is -0.508. The van der Waals surface area contributed by atoms with Crippen molar-refractivity contribution in [2.75, 3.05) is 32.8 Å². The molecule has 104 valence electrons. The van der Waals surface area contributed by atoms with Crippen LogP contribution >= 0.6 is 0 Å². The summed E-state index contributed by atoms with van der Waals surface area (Å²) in [6.45, 7) is 6.74. The average Bonchev–Trinajstić information content (AvgIpc) is 2.29. The van der Waals surface area contributed by atoms with E-state index in [0.29, 0.717) is 19.8 Å². The van der Waals surface area contributed by atoms with Gasteiger partial charge in [0.05, 0.1) is 19.3 Å². The minimum atomic E-state index is -0.430. The number of ketones is 1. The Kier molecular flexibility index (Phi) is 6.90. The van der Waals surface area contributed by atoms with Crippen LogP contribution in [0.2, 0.25) is 0 Å². The lowest BCUT2D eigenvalue weighted by molar-refractivity contribution is -0.145. The number of nitrogens with zero attached hydrogens (tertiary/aromatic N) is 1. The minimum absolute atomic E-state index is 0.0781. The maximum absolute atomic E-state index is 11.7. The average molecular weight is 257 g/mol. The van der Waals surface area contributed by atoms with E-state index in [4.69, 9.17) is 9.47 Å². The molecule has 0 bridgehead atoms. The summed E-state index contributed by atoms with van der Waals surface area (Å²) in [5.41, 5.74) is 0. The Labute approximate surface area is 108 Å². The number of rotatable bonds is 7. The number of Topliss-reactive ketones (excluding diaryl/α,β-unsaturated/α-hetero) is 1. The maximum atomic E-state index is 11.7. The number of carbonyl (C=O) groups excluding carboxylic acids is 2. The van der Waals surface area contributed by atoms with Crippen molar-refractivity contribution in [2.24, 2.45) is 0 Å². The fraction of sp³-hybridized carbons (Fsp3) is 0.846. The van der Waals surface area contributed by atoms with Crippen molar-refractivity contribution in [1.82, 2.24) is 4.90 Å². The Hall–Kier alpha value is -0.940. The summed E-state index contributed by atoms with van der Waals surface area (Å²) in [4.78, 5) is 24.9. The Morgan fingerprint density at radius 1 is 1.28 bits per heavy atom. The Morgan fingerprint density at radius 2 is 2.06 bits per heavy atom. The summed E-state index contributed by atoms with van der Waals surface area (Å²) < 4.78 is 10.3. The number of esters is 1. The van der Waals surface area contributed by atoms with Crippen molar-refractivity contribution in [2.45, 2.75) is 39.2 Å². The summed E-state index contributed by atoms with van der Waals surface area (Å²) in [6, 6.07) is 0. The van der Waals surface area contributed by atoms with Gasteiger partial charge >= 0.3 is 5.97 Å². The van der Waals surface area contributed by atoms with Gasteiger partial charge in [-0.15, -0.1) is 0 Å². The fourth-order valence-corrected chi connectivity index (χ4v) is 2.21. The highest BCUT2D eigenvalue weighted by molar-refractivity contribution is 5.96. The largest absolute Gasteiger partial charge is 0.466 e. The predicted molar refractivity (Wildman–Crippen MR) is 67.3 cm³/mol. The summed E-state index contributed by atoms with van der Waals surface area (Å²) in [7, 11) is 0. The second-order valence-corrected chi connectivity index (χ2v) is 4.48. The SMILES string of the molecule is CCOC(=O)CC(=O)CN1CCCC(OCC)C1. The Bertz CT molecular complexity index is 278. The molecule has 1 unspecified atom stereocenters. The fourth-order valence-electron chi connectivity index (χ4n) is 2.21. The second kappa shape index (κ2) is 8.21. The molecule has 1 heterocycles. The van der Waals surface area contributed by atoms with E-state index in [2.05, 4.69) is 4.90 Å². The van der Waals surface area contributed by atoms with Crippen LogP contribution in [0.1, 0.15) is 33.1 Å². The Morgan fingerprint density at radius 3 is 2.72 bits per heavy atom. The normalized spacial score (nSPS) is 20.7. The highest BCUT2D eigenvalue weighted by atomic mass is 16.5. The van der Waals surface area contributed by atoms with Gasteiger partial charge in [-0.3, -0.25) is 14.5 Å². The van der Waals surface area contributed by atoms with Crippen LogP contribution in [0, 0.1) is 0 Å². The van der Waals surface area contributed by atoms with E-state index in [1.807, 2.05) is 6.92 Å². The van der Waals surface area contributed by atoms with Crippen LogP contribution in [0.3, 0.4) is 0 Å². The summed E-state index contributed by atoms with van der Waals surface area (Å²) >= 11 is 0. The lowest BCUT2D eigenvalue weighted by Gasteiger charge is -2.31. The number of hydrogen-bond acceptors (Lipinski definition) is 5. The predicted octanol–water partition coefficient (Wildman–Crippen LogP) is 1.01. The molecule has 1 fully saturated rings. The van der Waals surface area contributed by atoms with E-state index in [9.17, 15) is 9.59 Å². The zero-order chi connectivity index (χ0) is 13.4. The molecule has 1 aliphatic rings. The number of piperidine rings is 1. The van der Waals surface area contributed by atoms with E-state index in [1.165, 1.54) is 0 Å². The highest BCUT2D eigenvalue weighted by Crippen LogP contribution is 2.13. The molecule has 0 radical (unpaired) electrons. The molecule has 18 heavy (non-hydrogen) atoms. The molecule has 0 aromatic rings. The third-order valence-corrected chi connectivity index (χ3v) is 2.91. The van der Waals surface area contributed by atoms with E-state index in [0.717, 1.165) is 25.9 Å². The first kappa shape index (κ1) is 15.1. The molecular weight excluding hydrogens is 234 g/mol. The van der Waals surface area contributed by atoms with Crippen molar-refractivity contribution in [1.29, 1.82) is 0 Å². The first-order valence-corrected chi connectivity index (χ1v) is 6.67. The number of likely N-dealkylation sites (tertiary alicyclic amines) is 1. The smallest absolute Gasteiger partial charge is 0.313 e. The van der Waals surface area contributed by atoms with Crippen LogP contribution in [0.5, 0.6) is 0 Å². The molecule has 5 heteroatoms.